The first-order valence-corrected chi connectivity index (χ1v) is 8.73. The van der Waals surface area contributed by atoms with Crippen LogP contribution < -0.4 is 19.1 Å². The fourth-order valence-corrected chi connectivity index (χ4v) is 3.19. The molecule has 2 heterocycles. The number of para-hydroxylation sites is 1. The van der Waals surface area contributed by atoms with Crippen LogP contribution in [0.4, 0.5) is 5.69 Å². The Kier molecular flexibility index (Phi) is 4.50. The number of amides is 1. The zero-order valence-corrected chi connectivity index (χ0v) is 15.1. The lowest BCUT2D eigenvalue weighted by molar-refractivity contribution is -0.112. The van der Waals surface area contributed by atoms with E-state index in [9.17, 15) is 4.79 Å². The van der Waals surface area contributed by atoms with Crippen molar-refractivity contribution >= 4 is 23.5 Å². The lowest BCUT2D eigenvalue weighted by Gasteiger charge is -2.20. The molecule has 0 bridgehead atoms. The van der Waals surface area contributed by atoms with Gasteiger partial charge in [-0.3, -0.25) is 4.79 Å². The third kappa shape index (κ3) is 3.01. The third-order valence-electron chi connectivity index (χ3n) is 4.43. The lowest BCUT2D eigenvalue weighted by Crippen LogP contribution is -2.29. The van der Waals surface area contributed by atoms with E-state index in [0.717, 1.165) is 16.8 Å². The van der Waals surface area contributed by atoms with E-state index in [1.54, 1.807) is 24.3 Å². The average molecular weight is 365 g/mol. The van der Waals surface area contributed by atoms with Crippen LogP contribution >= 0.6 is 0 Å². The Hall–Kier alpha value is -3.35. The number of benzene rings is 2. The number of carbonyl (C=O) groups is 1. The molecule has 27 heavy (non-hydrogen) atoms. The molecule has 0 fully saturated rings. The molecule has 1 amide bonds. The number of anilines is 1. The number of hydrogen-bond donors (Lipinski definition) is 0. The van der Waals surface area contributed by atoms with Crippen molar-refractivity contribution in [2.24, 2.45) is 10.2 Å². The maximum absolute atomic E-state index is 12.6. The maximum atomic E-state index is 12.6. The first-order valence-electron chi connectivity index (χ1n) is 8.73. The molecule has 2 aromatic carbocycles. The SMILES string of the molecule is CCN1C(=O)/C(=N/N=C\c2cc(OC)c3c(c2)OCCO3)c2ccccc21. The average Bonchev–Trinajstić information content (AvgIpc) is 2.98. The quantitative estimate of drug-likeness (QED) is 0.617. The molecule has 0 atom stereocenters. The molecule has 4 rings (SSSR count). The summed E-state index contributed by atoms with van der Waals surface area (Å²) in [6, 6.07) is 11.2. The second-order valence-corrected chi connectivity index (χ2v) is 6.01. The summed E-state index contributed by atoms with van der Waals surface area (Å²) in [5.74, 6) is 1.62. The molecule has 0 unspecified atom stereocenters. The first kappa shape index (κ1) is 17.1. The highest BCUT2D eigenvalue weighted by Crippen LogP contribution is 2.40. The van der Waals surface area contributed by atoms with Crippen LogP contribution in [0, 0.1) is 0 Å². The number of nitrogens with zero attached hydrogens (tertiary/aromatic N) is 3. The summed E-state index contributed by atoms with van der Waals surface area (Å²) in [5.41, 5.74) is 2.74. The summed E-state index contributed by atoms with van der Waals surface area (Å²) in [5, 5.41) is 8.32. The van der Waals surface area contributed by atoms with Gasteiger partial charge in [0.15, 0.2) is 17.2 Å². The van der Waals surface area contributed by atoms with Gasteiger partial charge in [-0.2, -0.15) is 5.10 Å². The molecule has 0 aliphatic carbocycles. The largest absolute Gasteiger partial charge is 0.493 e. The van der Waals surface area contributed by atoms with Gasteiger partial charge in [-0.05, 0) is 25.1 Å². The Balaban J connectivity index is 1.65. The third-order valence-corrected chi connectivity index (χ3v) is 4.43. The Bertz CT molecular complexity index is 935. The summed E-state index contributed by atoms with van der Waals surface area (Å²) in [4.78, 5) is 14.3. The molecule has 0 spiro atoms. The topological polar surface area (TPSA) is 72.7 Å². The summed E-state index contributed by atoms with van der Waals surface area (Å²) in [6.45, 7) is 3.48. The normalized spacial score (nSPS) is 16.9. The molecular formula is C20H19N3O4. The Morgan fingerprint density at radius 3 is 2.85 bits per heavy atom. The lowest BCUT2D eigenvalue weighted by atomic mass is 10.1. The molecule has 0 saturated heterocycles. The van der Waals surface area contributed by atoms with Crippen molar-refractivity contribution in [1.29, 1.82) is 0 Å². The van der Waals surface area contributed by atoms with Crippen LogP contribution in [0.5, 0.6) is 17.2 Å². The summed E-state index contributed by atoms with van der Waals surface area (Å²) in [6.07, 6.45) is 1.57. The summed E-state index contributed by atoms with van der Waals surface area (Å²) in [7, 11) is 1.57. The number of fused-ring (bicyclic) bond motifs is 2. The van der Waals surface area contributed by atoms with Gasteiger partial charge in [-0.1, -0.05) is 18.2 Å². The monoisotopic (exact) mass is 365 g/mol. The highest BCUT2D eigenvalue weighted by atomic mass is 16.6. The van der Waals surface area contributed by atoms with E-state index in [0.29, 0.717) is 42.7 Å². The Morgan fingerprint density at radius 2 is 2.04 bits per heavy atom. The van der Waals surface area contributed by atoms with E-state index < -0.39 is 0 Å². The van der Waals surface area contributed by atoms with Crippen molar-refractivity contribution in [3.63, 3.8) is 0 Å². The van der Waals surface area contributed by atoms with Crippen molar-refractivity contribution in [1.82, 2.24) is 0 Å². The molecule has 138 valence electrons. The van der Waals surface area contributed by atoms with Gasteiger partial charge in [0.1, 0.15) is 13.2 Å². The fourth-order valence-electron chi connectivity index (χ4n) is 3.19. The van der Waals surface area contributed by atoms with E-state index in [4.69, 9.17) is 14.2 Å². The second-order valence-electron chi connectivity index (χ2n) is 6.01. The first-order chi connectivity index (χ1) is 13.2. The minimum atomic E-state index is -0.143. The molecule has 0 saturated carbocycles. The number of methoxy groups -OCH3 is 1. The van der Waals surface area contributed by atoms with Crippen molar-refractivity contribution in [3.8, 4) is 17.2 Å². The zero-order chi connectivity index (χ0) is 18.8. The van der Waals surface area contributed by atoms with Crippen molar-refractivity contribution < 1.29 is 19.0 Å². The van der Waals surface area contributed by atoms with Crippen LogP contribution in [0.1, 0.15) is 18.1 Å². The highest BCUT2D eigenvalue weighted by molar-refractivity contribution is 6.54. The predicted molar refractivity (Wildman–Crippen MR) is 103 cm³/mol. The Labute approximate surface area is 156 Å². The molecule has 7 nitrogen and oxygen atoms in total. The smallest absolute Gasteiger partial charge is 0.279 e. The van der Waals surface area contributed by atoms with Crippen LogP contribution in [0.25, 0.3) is 0 Å². The molecule has 0 aromatic heterocycles. The van der Waals surface area contributed by atoms with Crippen molar-refractivity contribution in [2.45, 2.75) is 6.92 Å². The molecule has 2 aromatic rings. The number of hydrogen-bond acceptors (Lipinski definition) is 6. The van der Waals surface area contributed by atoms with E-state index in [-0.39, 0.29) is 5.91 Å². The van der Waals surface area contributed by atoms with Crippen LogP contribution in [-0.2, 0) is 4.79 Å². The van der Waals surface area contributed by atoms with Crippen LogP contribution in [0.3, 0.4) is 0 Å². The van der Waals surface area contributed by atoms with Gasteiger partial charge in [0.05, 0.1) is 19.0 Å². The molecule has 2 aliphatic rings. The molecule has 0 radical (unpaired) electrons. The molecule has 7 heteroatoms. The van der Waals surface area contributed by atoms with E-state index >= 15 is 0 Å². The molecule has 0 N–H and O–H groups in total. The second kappa shape index (κ2) is 7.11. The van der Waals surface area contributed by atoms with Crippen LogP contribution in [0.15, 0.2) is 46.6 Å². The standard InChI is InChI=1S/C20H19N3O4/c1-3-23-15-7-5-4-6-14(15)18(20(23)24)22-21-12-13-10-16(25-2)19-17(11-13)26-8-9-27-19/h4-7,10-12H,3,8-9H2,1-2H3/b21-12-,22-18+. The van der Waals surface area contributed by atoms with Crippen LogP contribution in [-0.4, -0.2) is 44.7 Å². The number of carbonyl (C=O) groups excluding carboxylic acids is 1. The van der Waals surface area contributed by atoms with E-state index in [1.165, 1.54) is 0 Å². The Morgan fingerprint density at radius 1 is 1.22 bits per heavy atom. The minimum absolute atomic E-state index is 0.143. The highest BCUT2D eigenvalue weighted by Gasteiger charge is 2.32. The minimum Gasteiger partial charge on any atom is -0.493 e. The zero-order valence-electron chi connectivity index (χ0n) is 15.1. The van der Waals surface area contributed by atoms with Gasteiger partial charge >= 0.3 is 0 Å². The van der Waals surface area contributed by atoms with E-state index in [2.05, 4.69) is 10.2 Å². The van der Waals surface area contributed by atoms with Gasteiger partial charge in [0.25, 0.3) is 5.91 Å². The summed E-state index contributed by atoms with van der Waals surface area (Å²) >= 11 is 0. The predicted octanol–water partition coefficient (Wildman–Crippen LogP) is 2.66. The van der Waals surface area contributed by atoms with Gasteiger partial charge < -0.3 is 19.1 Å². The van der Waals surface area contributed by atoms with Gasteiger partial charge in [-0.15, -0.1) is 5.10 Å². The van der Waals surface area contributed by atoms with Crippen molar-refractivity contribution in [3.05, 3.63) is 47.5 Å². The molecular weight excluding hydrogens is 346 g/mol. The van der Waals surface area contributed by atoms with Crippen LogP contribution in [0.2, 0.25) is 0 Å². The number of rotatable bonds is 4. The molecule has 2 aliphatic heterocycles. The summed E-state index contributed by atoms with van der Waals surface area (Å²) < 4.78 is 16.6. The van der Waals surface area contributed by atoms with Gasteiger partial charge in [-0.25, -0.2) is 0 Å². The van der Waals surface area contributed by atoms with Gasteiger partial charge in [0.2, 0.25) is 5.75 Å². The fraction of sp³-hybridized carbons (Fsp3) is 0.250. The van der Waals surface area contributed by atoms with E-state index in [1.807, 2.05) is 37.3 Å². The number of ether oxygens (including phenoxy) is 3. The van der Waals surface area contributed by atoms with Gasteiger partial charge in [0, 0.05) is 17.7 Å². The maximum Gasteiger partial charge on any atom is 0.279 e. The van der Waals surface area contributed by atoms with Crippen molar-refractivity contribution in [2.75, 3.05) is 31.8 Å². The number of likely N-dealkylation sites (N-methyl/N-ethyl adjacent to an activating group) is 1.